The molecule has 5 heteroatoms. The van der Waals surface area contributed by atoms with E-state index in [2.05, 4.69) is 12.2 Å². The molecule has 2 aromatic carbocycles. The van der Waals surface area contributed by atoms with Crippen LogP contribution >= 0.6 is 23.2 Å². The first kappa shape index (κ1) is 18.2. The molecule has 3 rings (SSSR count). The lowest BCUT2D eigenvalue weighted by Crippen LogP contribution is -2.50. The third-order valence-corrected chi connectivity index (χ3v) is 4.99. The summed E-state index contributed by atoms with van der Waals surface area (Å²) in [5.41, 5.74) is 1.65. The van der Waals surface area contributed by atoms with Gasteiger partial charge in [0.2, 0.25) is 5.91 Å². The van der Waals surface area contributed by atoms with Gasteiger partial charge in [-0.3, -0.25) is 4.79 Å². The zero-order valence-corrected chi connectivity index (χ0v) is 15.8. The second-order valence-corrected chi connectivity index (χ2v) is 7.75. The van der Waals surface area contributed by atoms with Crippen molar-refractivity contribution in [2.24, 2.45) is 0 Å². The summed E-state index contributed by atoms with van der Waals surface area (Å²) in [5, 5.41) is 4.45. The first-order valence-corrected chi connectivity index (χ1v) is 9.05. The first-order valence-electron chi connectivity index (χ1n) is 8.30. The van der Waals surface area contributed by atoms with Gasteiger partial charge in [0, 0.05) is 35.3 Å². The average molecular weight is 378 g/mol. The first-order chi connectivity index (χ1) is 11.8. The molecule has 1 aliphatic rings. The Balaban J connectivity index is 1.95. The van der Waals surface area contributed by atoms with Gasteiger partial charge in [0.1, 0.15) is 0 Å². The average Bonchev–Trinajstić information content (AvgIpc) is 2.53. The summed E-state index contributed by atoms with van der Waals surface area (Å²) in [4.78, 5) is 11.7. The van der Waals surface area contributed by atoms with Crippen LogP contribution < -0.4 is 5.32 Å². The minimum atomic E-state index is -0.371. The summed E-state index contributed by atoms with van der Waals surface area (Å²) in [6.07, 6.45) is 1.05. The third-order valence-electron chi connectivity index (χ3n) is 4.52. The highest BCUT2D eigenvalue weighted by Gasteiger charge is 2.39. The van der Waals surface area contributed by atoms with Crippen molar-refractivity contribution in [2.45, 2.75) is 44.4 Å². The molecule has 1 N–H and O–H groups in total. The summed E-state index contributed by atoms with van der Waals surface area (Å²) < 4.78 is 6.38. The molecule has 1 aliphatic heterocycles. The molecule has 0 bridgehead atoms. The standard InChI is InChI=1S/C20H21Cl2NO2/c1-13(24)23-20(2)11-18(14-5-3-7-16(21)9-14)25-19(12-20)15-6-4-8-17(22)10-15/h3-10,18-19H,11-12H2,1-2H3,(H,23,24)/t18-,19+,20?. The van der Waals surface area contributed by atoms with Gasteiger partial charge in [-0.15, -0.1) is 0 Å². The molecule has 0 radical (unpaired) electrons. The van der Waals surface area contributed by atoms with Gasteiger partial charge in [-0.1, -0.05) is 47.5 Å². The smallest absolute Gasteiger partial charge is 0.217 e. The minimum absolute atomic E-state index is 0.0425. The second-order valence-electron chi connectivity index (χ2n) is 6.87. The zero-order chi connectivity index (χ0) is 18.0. The maximum absolute atomic E-state index is 11.7. The van der Waals surface area contributed by atoms with Crippen molar-refractivity contribution in [1.82, 2.24) is 5.32 Å². The predicted octanol–water partition coefficient (Wildman–Crippen LogP) is 5.48. The van der Waals surface area contributed by atoms with Crippen LogP contribution in [-0.2, 0) is 9.53 Å². The topological polar surface area (TPSA) is 38.3 Å². The SMILES string of the molecule is CC(=O)NC1(C)C[C@@H](c2cccc(Cl)c2)O[C@@H](c2cccc(Cl)c2)C1. The lowest BCUT2D eigenvalue weighted by atomic mass is 9.81. The van der Waals surface area contributed by atoms with E-state index in [4.69, 9.17) is 27.9 Å². The lowest BCUT2D eigenvalue weighted by Gasteiger charge is -2.43. The van der Waals surface area contributed by atoms with E-state index in [1.165, 1.54) is 0 Å². The fourth-order valence-corrected chi connectivity index (χ4v) is 3.93. The quantitative estimate of drug-likeness (QED) is 0.768. The van der Waals surface area contributed by atoms with Crippen LogP contribution in [0.25, 0.3) is 0 Å². The normalized spacial score (nSPS) is 26.2. The van der Waals surface area contributed by atoms with Gasteiger partial charge in [0.25, 0.3) is 0 Å². The molecular formula is C20H21Cl2NO2. The van der Waals surface area contributed by atoms with Crippen LogP contribution in [-0.4, -0.2) is 11.4 Å². The molecule has 132 valence electrons. The molecule has 25 heavy (non-hydrogen) atoms. The summed E-state index contributed by atoms with van der Waals surface area (Å²) >= 11 is 12.3. The Morgan fingerprint density at radius 2 is 1.52 bits per heavy atom. The van der Waals surface area contributed by atoms with Crippen molar-refractivity contribution < 1.29 is 9.53 Å². The van der Waals surface area contributed by atoms with Crippen LogP contribution in [0.2, 0.25) is 10.0 Å². The predicted molar refractivity (Wildman–Crippen MR) is 101 cm³/mol. The van der Waals surface area contributed by atoms with E-state index in [1.807, 2.05) is 48.5 Å². The van der Waals surface area contributed by atoms with Crippen molar-refractivity contribution in [3.63, 3.8) is 0 Å². The number of amides is 1. The maximum Gasteiger partial charge on any atom is 0.217 e. The molecule has 2 aromatic rings. The number of carbonyl (C=O) groups is 1. The number of rotatable bonds is 3. The Morgan fingerprint density at radius 1 is 1.04 bits per heavy atom. The van der Waals surface area contributed by atoms with Crippen molar-refractivity contribution in [3.05, 3.63) is 69.7 Å². The Kier molecular flexibility index (Phi) is 5.38. The van der Waals surface area contributed by atoms with Gasteiger partial charge in [-0.25, -0.2) is 0 Å². The van der Waals surface area contributed by atoms with Gasteiger partial charge < -0.3 is 10.1 Å². The lowest BCUT2D eigenvalue weighted by molar-refractivity contribution is -0.126. The monoisotopic (exact) mass is 377 g/mol. The summed E-state index contributed by atoms with van der Waals surface area (Å²) in [6, 6.07) is 15.4. The molecule has 1 heterocycles. The maximum atomic E-state index is 11.7. The Hall–Kier alpha value is -1.55. The van der Waals surface area contributed by atoms with Crippen LogP contribution in [0.4, 0.5) is 0 Å². The van der Waals surface area contributed by atoms with E-state index < -0.39 is 0 Å². The van der Waals surface area contributed by atoms with Crippen LogP contribution in [0.15, 0.2) is 48.5 Å². The Labute approximate surface area is 158 Å². The molecule has 1 fully saturated rings. The number of benzene rings is 2. The number of carbonyl (C=O) groups excluding carboxylic acids is 1. The molecule has 3 atom stereocenters. The van der Waals surface area contributed by atoms with Crippen LogP contribution in [0.1, 0.15) is 50.0 Å². The van der Waals surface area contributed by atoms with E-state index in [9.17, 15) is 4.79 Å². The minimum Gasteiger partial charge on any atom is -0.365 e. The molecule has 1 amide bonds. The van der Waals surface area contributed by atoms with Gasteiger partial charge in [0.05, 0.1) is 12.2 Å². The summed E-state index contributed by atoms with van der Waals surface area (Å²) in [5.74, 6) is -0.0425. The summed E-state index contributed by atoms with van der Waals surface area (Å²) in [6.45, 7) is 3.61. The van der Waals surface area contributed by atoms with Crippen molar-refractivity contribution in [2.75, 3.05) is 0 Å². The molecule has 1 saturated heterocycles. The second kappa shape index (κ2) is 7.36. The Morgan fingerprint density at radius 3 is 1.92 bits per heavy atom. The van der Waals surface area contributed by atoms with Gasteiger partial charge in [0.15, 0.2) is 0 Å². The largest absolute Gasteiger partial charge is 0.365 e. The van der Waals surface area contributed by atoms with Crippen LogP contribution in [0.5, 0.6) is 0 Å². The highest BCUT2D eigenvalue weighted by Crippen LogP contribution is 2.44. The summed E-state index contributed by atoms with van der Waals surface area (Å²) in [7, 11) is 0. The van der Waals surface area contributed by atoms with Crippen molar-refractivity contribution >= 4 is 29.1 Å². The van der Waals surface area contributed by atoms with E-state index in [0.29, 0.717) is 22.9 Å². The van der Waals surface area contributed by atoms with Crippen LogP contribution in [0.3, 0.4) is 0 Å². The molecule has 0 saturated carbocycles. The van der Waals surface area contributed by atoms with E-state index in [-0.39, 0.29) is 23.7 Å². The number of hydrogen-bond donors (Lipinski definition) is 1. The van der Waals surface area contributed by atoms with E-state index >= 15 is 0 Å². The number of ether oxygens (including phenoxy) is 1. The molecule has 3 nitrogen and oxygen atoms in total. The molecular weight excluding hydrogens is 357 g/mol. The highest BCUT2D eigenvalue weighted by atomic mass is 35.5. The fraction of sp³-hybridized carbons (Fsp3) is 0.350. The highest BCUT2D eigenvalue weighted by molar-refractivity contribution is 6.30. The number of nitrogens with one attached hydrogen (secondary N) is 1. The number of hydrogen-bond acceptors (Lipinski definition) is 2. The van der Waals surface area contributed by atoms with Gasteiger partial charge in [-0.05, 0) is 42.3 Å². The van der Waals surface area contributed by atoms with Crippen molar-refractivity contribution in [3.8, 4) is 0 Å². The van der Waals surface area contributed by atoms with Gasteiger partial charge in [-0.2, -0.15) is 0 Å². The number of halogens is 2. The van der Waals surface area contributed by atoms with Crippen molar-refractivity contribution in [1.29, 1.82) is 0 Å². The molecule has 1 unspecified atom stereocenters. The van der Waals surface area contributed by atoms with E-state index in [0.717, 1.165) is 11.1 Å². The fourth-order valence-electron chi connectivity index (χ4n) is 3.53. The Bertz CT molecular complexity index is 724. The van der Waals surface area contributed by atoms with Crippen LogP contribution in [0, 0.1) is 0 Å². The van der Waals surface area contributed by atoms with Gasteiger partial charge >= 0.3 is 0 Å². The third kappa shape index (κ3) is 4.55. The molecule has 0 aliphatic carbocycles. The zero-order valence-electron chi connectivity index (χ0n) is 14.3. The van der Waals surface area contributed by atoms with E-state index in [1.54, 1.807) is 6.92 Å². The molecule has 0 aromatic heterocycles. The molecule has 0 spiro atoms.